The van der Waals surface area contributed by atoms with Gasteiger partial charge in [-0.25, -0.2) is 9.59 Å². The maximum atomic E-state index is 11.4. The molecule has 1 fully saturated rings. The molecule has 1 heterocycles. The third kappa shape index (κ3) is 2.99. The van der Waals surface area contributed by atoms with Crippen LogP contribution in [0.2, 0.25) is 0 Å². The van der Waals surface area contributed by atoms with Gasteiger partial charge in [0.2, 0.25) is 6.04 Å². The first-order valence-corrected chi connectivity index (χ1v) is 4.53. The Kier molecular flexibility index (Phi) is 3.10. The monoisotopic (exact) mass is 201 g/mol. The van der Waals surface area contributed by atoms with Gasteiger partial charge in [0.05, 0.1) is 0 Å². The molecule has 0 aliphatic carbocycles. The molecule has 5 nitrogen and oxygen atoms in total. The molecule has 14 heavy (non-hydrogen) atoms. The molecule has 80 valence electrons. The quantitative estimate of drug-likeness (QED) is 0.472. The van der Waals surface area contributed by atoms with Gasteiger partial charge in [-0.1, -0.05) is 0 Å². The molecule has 0 aromatic carbocycles. The summed E-state index contributed by atoms with van der Waals surface area (Å²) in [5.41, 5.74) is -0.587. The highest BCUT2D eigenvalue weighted by molar-refractivity contribution is 5.99. The summed E-state index contributed by atoms with van der Waals surface area (Å²) in [5, 5.41) is 2.74. The number of carbonyl (C=O) groups is 2. The van der Waals surface area contributed by atoms with E-state index in [1.54, 1.807) is 20.8 Å². The van der Waals surface area contributed by atoms with Gasteiger partial charge in [0.1, 0.15) is 12.2 Å². The number of morpholine rings is 1. The van der Waals surface area contributed by atoms with Crippen molar-refractivity contribution < 1.29 is 19.1 Å². The van der Waals surface area contributed by atoms with E-state index in [-0.39, 0.29) is 0 Å². The van der Waals surface area contributed by atoms with Gasteiger partial charge in [-0.3, -0.25) is 5.32 Å². The Morgan fingerprint density at radius 3 is 2.71 bits per heavy atom. The van der Waals surface area contributed by atoms with Gasteiger partial charge in [0.15, 0.2) is 0 Å². The van der Waals surface area contributed by atoms with Crippen molar-refractivity contribution in [3.8, 4) is 0 Å². The second-order valence-electron chi connectivity index (χ2n) is 4.09. The fourth-order valence-electron chi connectivity index (χ4n) is 1.06. The zero-order chi connectivity index (χ0) is 10.8. The summed E-state index contributed by atoms with van der Waals surface area (Å²) in [6, 6.07) is -0.969. The Labute approximate surface area is 82.8 Å². The first-order chi connectivity index (χ1) is 6.40. The van der Waals surface area contributed by atoms with Crippen LogP contribution < -0.4 is 5.32 Å². The summed E-state index contributed by atoms with van der Waals surface area (Å²) in [6.45, 7) is 6.03. The second kappa shape index (κ2) is 3.96. The molecule has 0 spiro atoms. The molecule has 5 heteroatoms. The van der Waals surface area contributed by atoms with Gasteiger partial charge in [-0.05, 0) is 20.8 Å². The summed E-state index contributed by atoms with van der Waals surface area (Å²) in [6.07, 6.45) is 0. The third-order valence-corrected chi connectivity index (χ3v) is 1.57. The molecule has 1 aliphatic heterocycles. The molecule has 1 aliphatic rings. The molecule has 1 N–H and O–H groups in total. The van der Waals surface area contributed by atoms with Gasteiger partial charge in [-0.15, -0.1) is 0 Å². The van der Waals surface area contributed by atoms with E-state index < -0.39 is 23.6 Å². The molecule has 0 amide bonds. The largest absolute Gasteiger partial charge is 0.463 e. The molecule has 0 bridgehead atoms. The lowest BCUT2D eigenvalue weighted by atomic mass is 10.2. The number of rotatable bonds is 1. The Morgan fingerprint density at radius 2 is 2.21 bits per heavy atom. The second-order valence-corrected chi connectivity index (χ2v) is 4.09. The normalized spacial score (nSPS) is 22.8. The minimum absolute atomic E-state index is 0.304. The molecule has 1 rings (SSSR count). The molecular weight excluding hydrogens is 186 g/mol. The highest BCUT2D eigenvalue weighted by Crippen LogP contribution is 2.09. The highest BCUT2D eigenvalue weighted by Gasteiger charge is 2.34. The third-order valence-electron chi connectivity index (χ3n) is 1.57. The van der Waals surface area contributed by atoms with Crippen LogP contribution in [0, 0.1) is 0 Å². The van der Waals surface area contributed by atoms with E-state index in [0.717, 1.165) is 0 Å². The summed E-state index contributed by atoms with van der Waals surface area (Å²) in [5.74, 6) is -1.15. The minimum atomic E-state index is -0.969. The number of esters is 2. The summed E-state index contributed by atoms with van der Waals surface area (Å²) in [7, 11) is 0. The fourth-order valence-corrected chi connectivity index (χ4v) is 1.06. The Hall–Kier alpha value is -1.10. The number of hydrogen-bond donors (Lipinski definition) is 1. The van der Waals surface area contributed by atoms with Gasteiger partial charge in [0.25, 0.3) is 0 Å². The molecule has 0 aromatic heterocycles. The predicted molar refractivity (Wildman–Crippen MR) is 48.6 cm³/mol. The van der Waals surface area contributed by atoms with E-state index >= 15 is 0 Å². The van der Waals surface area contributed by atoms with Crippen LogP contribution in [0.3, 0.4) is 0 Å². The van der Waals surface area contributed by atoms with Gasteiger partial charge >= 0.3 is 11.9 Å². The Bertz CT molecular complexity index is 244. The number of nitrogens with one attached hydrogen (secondary N) is 1. The number of ether oxygens (including phenoxy) is 2. The first kappa shape index (κ1) is 11.0. The maximum Gasteiger partial charge on any atom is 0.335 e. The van der Waals surface area contributed by atoms with Gasteiger partial charge in [-0.2, -0.15) is 0 Å². The zero-order valence-corrected chi connectivity index (χ0v) is 8.62. The van der Waals surface area contributed by atoms with Crippen LogP contribution in [0.1, 0.15) is 20.8 Å². The van der Waals surface area contributed by atoms with E-state index in [0.29, 0.717) is 13.2 Å². The molecule has 1 atom stereocenters. The van der Waals surface area contributed by atoms with Crippen molar-refractivity contribution in [1.29, 1.82) is 0 Å². The highest BCUT2D eigenvalue weighted by atomic mass is 16.6. The van der Waals surface area contributed by atoms with Crippen LogP contribution in [-0.4, -0.2) is 36.7 Å². The molecule has 0 radical (unpaired) electrons. The molecule has 0 aromatic rings. The number of hydrogen-bond acceptors (Lipinski definition) is 5. The lowest BCUT2D eigenvalue weighted by Crippen LogP contribution is -2.52. The van der Waals surface area contributed by atoms with Crippen molar-refractivity contribution in [2.24, 2.45) is 0 Å². The summed E-state index contributed by atoms with van der Waals surface area (Å²) >= 11 is 0. The standard InChI is InChI=1S/C9H15NO4/c1-9(2,3)14-8(12)6-7(11)13-5-4-10-6/h6,10H,4-5H2,1-3H3. The van der Waals surface area contributed by atoms with Crippen molar-refractivity contribution in [2.45, 2.75) is 32.4 Å². The molecule has 0 saturated carbocycles. The zero-order valence-electron chi connectivity index (χ0n) is 8.62. The first-order valence-electron chi connectivity index (χ1n) is 4.53. The van der Waals surface area contributed by atoms with Crippen molar-refractivity contribution >= 4 is 11.9 Å². The molecule has 1 saturated heterocycles. The van der Waals surface area contributed by atoms with Crippen molar-refractivity contribution in [3.05, 3.63) is 0 Å². The van der Waals surface area contributed by atoms with Gasteiger partial charge < -0.3 is 9.47 Å². The minimum Gasteiger partial charge on any atom is -0.463 e. The van der Waals surface area contributed by atoms with E-state index in [9.17, 15) is 9.59 Å². The average molecular weight is 201 g/mol. The van der Waals surface area contributed by atoms with Crippen LogP contribution in [0.5, 0.6) is 0 Å². The van der Waals surface area contributed by atoms with E-state index in [1.807, 2.05) is 0 Å². The van der Waals surface area contributed by atoms with E-state index in [4.69, 9.17) is 9.47 Å². The Morgan fingerprint density at radius 1 is 1.57 bits per heavy atom. The van der Waals surface area contributed by atoms with Gasteiger partial charge in [0, 0.05) is 6.54 Å². The van der Waals surface area contributed by atoms with Crippen LogP contribution >= 0.6 is 0 Å². The summed E-state index contributed by atoms with van der Waals surface area (Å²) in [4.78, 5) is 22.6. The molecule has 1 unspecified atom stereocenters. The van der Waals surface area contributed by atoms with Crippen LogP contribution in [0.4, 0.5) is 0 Å². The molecular formula is C9H15NO4. The topological polar surface area (TPSA) is 64.6 Å². The number of carbonyl (C=O) groups excluding carboxylic acids is 2. The van der Waals surface area contributed by atoms with Crippen LogP contribution in [0.15, 0.2) is 0 Å². The average Bonchev–Trinajstić information content (AvgIpc) is 2.01. The van der Waals surface area contributed by atoms with Crippen molar-refractivity contribution in [2.75, 3.05) is 13.2 Å². The fraction of sp³-hybridized carbons (Fsp3) is 0.778. The Balaban J connectivity index is 2.55. The van der Waals surface area contributed by atoms with Crippen molar-refractivity contribution in [3.63, 3.8) is 0 Å². The smallest absolute Gasteiger partial charge is 0.335 e. The van der Waals surface area contributed by atoms with Crippen LogP contribution in [-0.2, 0) is 19.1 Å². The predicted octanol–water partition coefficient (Wildman–Crippen LogP) is -0.157. The van der Waals surface area contributed by atoms with E-state index in [2.05, 4.69) is 5.32 Å². The maximum absolute atomic E-state index is 11.4. The van der Waals surface area contributed by atoms with Crippen molar-refractivity contribution in [1.82, 2.24) is 5.32 Å². The summed E-state index contributed by atoms with van der Waals surface area (Å²) < 4.78 is 9.77. The SMILES string of the molecule is CC(C)(C)OC(=O)C1NCCOC1=O. The van der Waals surface area contributed by atoms with Crippen LogP contribution in [0.25, 0.3) is 0 Å². The number of cyclic esters (lactones) is 1. The lowest BCUT2D eigenvalue weighted by Gasteiger charge is -2.25. The lowest BCUT2D eigenvalue weighted by molar-refractivity contribution is -0.168. The van der Waals surface area contributed by atoms with E-state index in [1.165, 1.54) is 0 Å².